The van der Waals surface area contributed by atoms with Crippen LogP contribution in [0.15, 0.2) is 23.1 Å². The van der Waals surface area contributed by atoms with E-state index in [9.17, 15) is 13.2 Å². The topological polar surface area (TPSA) is 63.2 Å². The van der Waals surface area contributed by atoms with E-state index in [1.807, 2.05) is 0 Å². The average molecular weight is 268 g/mol. The van der Waals surface area contributed by atoms with Gasteiger partial charge in [-0.1, -0.05) is 23.2 Å². The van der Waals surface area contributed by atoms with Crippen molar-refractivity contribution in [3.05, 3.63) is 28.2 Å². The van der Waals surface area contributed by atoms with E-state index in [0.29, 0.717) is 0 Å². The van der Waals surface area contributed by atoms with Crippen molar-refractivity contribution in [1.82, 2.24) is 4.72 Å². The molecule has 7 heteroatoms. The number of sulfonamides is 1. The van der Waals surface area contributed by atoms with Gasteiger partial charge in [0.15, 0.2) is 0 Å². The molecule has 0 bridgehead atoms. The van der Waals surface area contributed by atoms with E-state index >= 15 is 0 Å². The summed E-state index contributed by atoms with van der Waals surface area (Å²) < 4.78 is 24.8. The number of hydrogen-bond acceptors (Lipinski definition) is 3. The molecule has 0 spiro atoms. The molecule has 0 aliphatic rings. The highest BCUT2D eigenvalue weighted by molar-refractivity contribution is 7.90. The predicted molar refractivity (Wildman–Crippen MR) is 57.5 cm³/mol. The second-order valence-electron chi connectivity index (χ2n) is 2.77. The summed E-state index contributed by atoms with van der Waals surface area (Å²) in [6.07, 6.45) is 0. The van der Waals surface area contributed by atoms with Crippen LogP contribution in [0.4, 0.5) is 0 Å². The molecule has 0 heterocycles. The van der Waals surface area contributed by atoms with Crippen LogP contribution in [0.2, 0.25) is 10.0 Å². The SMILES string of the molecule is CC(=O)NS(=O)(=O)c1cc(Cl)cc(Cl)c1. The van der Waals surface area contributed by atoms with Gasteiger partial charge in [-0.3, -0.25) is 4.79 Å². The third-order valence-electron chi connectivity index (χ3n) is 1.42. The third kappa shape index (κ3) is 3.37. The molecule has 82 valence electrons. The summed E-state index contributed by atoms with van der Waals surface area (Å²) in [5.41, 5.74) is 0. The van der Waals surface area contributed by atoms with Crippen molar-refractivity contribution >= 4 is 39.1 Å². The number of benzene rings is 1. The van der Waals surface area contributed by atoms with Crippen molar-refractivity contribution in [3.63, 3.8) is 0 Å². The summed E-state index contributed by atoms with van der Waals surface area (Å²) >= 11 is 11.3. The number of carbonyl (C=O) groups is 1. The molecule has 1 N–H and O–H groups in total. The summed E-state index contributed by atoms with van der Waals surface area (Å²) in [6, 6.07) is 3.81. The van der Waals surface area contributed by atoms with E-state index in [-0.39, 0.29) is 14.9 Å². The van der Waals surface area contributed by atoms with Gasteiger partial charge in [0.2, 0.25) is 5.91 Å². The Morgan fingerprint density at radius 3 is 2.07 bits per heavy atom. The molecule has 0 radical (unpaired) electrons. The first-order valence-corrected chi connectivity index (χ1v) is 6.04. The van der Waals surface area contributed by atoms with E-state index in [0.717, 1.165) is 6.92 Å². The minimum Gasteiger partial charge on any atom is -0.274 e. The highest BCUT2D eigenvalue weighted by Gasteiger charge is 2.16. The molecule has 4 nitrogen and oxygen atoms in total. The van der Waals surface area contributed by atoms with Crippen molar-refractivity contribution in [3.8, 4) is 0 Å². The standard InChI is InChI=1S/C8H7Cl2NO3S/c1-5(12)11-15(13,14)8-3-6(9)2-7(10)4-8/h2-4H,1H3,(H,11,12). The third-order valence-corrected chi connectivity index (χ3v) is 3.27. The largest absolute Gasteiger partial charge is 0.274 e. The molecule has 0 saturated carbocycles. The Balaban J connectivity index is 3.21. The van der Waals surface area contributed by atoms with Crippen molar-refractivity contribution in [1.29, 1.82) is 0 Å². The number of hydrogen-bond donors (Lipinski definition) is 1. The highest BCUT2D eigenvalue weighted by Crippen LogP contribution is 2.21. The Labute approximate surface area is 97.2 Å². The summed E-state index contributed by atoms with van der Waals surface area (Å²) in [7, 11) is -3.87. The quantitative estimate of drug-likeness (QED) is 0.889. The van der Waals surface area contributed by atoms with Crippen molar-refractivity contribution in [2.45, 2.75) is 11.8 Å². The first-order chi connectivity index (χ1) is 6.81. The molecule has 0 aliphatic heterocycles. The van der Waals surface area contributed by atoms with Crippen LogP contribution in [0.25, 0.3) is 0 Å². The normalized spacial score (nSPS) is 11.1. The Bertz CT molecular complexity index is 478. The molecule has 1 amide bonds. The van der Waals surface area contributed by atoms with Gasteiger partial charge in [0.1, 0.15) is 0 Å². The molecule has 0 atom stereocenters. The Hall–Kier alpha value is -0.780. The molecular weight excluding hydrogens is 261 g/mol. The molecule has 0 unspecified atom stereocenters. The maximum absolute atomic E-state index is 11.5. The fraction of sp³-hybridized carbons (Fsp3) is 0.125. The van der Waals surface area contributed by atoms with E-state index in [1.54, 1.807) is 4.72 Å². The number of halogens is 2. The lowest BCUT2D eigenvalue weighted by molar-refractivity contribution is -0.117. The van der Waals surface area contributed by atoms with Crippen LogP contribution < -0.4 is 4.72 Å². The van der Waals surface area contributed by atoms with Gasteiger partial charge in [0.05, 0.1) is 4.90 Å². The van der Waals surface area contributed by atoms with Gasteiger partial charge in [-0.15, -0.1) is 0 Å². The minimum absolute atomic E-state index is 0.143. The Morgan fingerprint density at radius 2 is 1.67 bits per heavy atom. The van der Waals surface area contributed by atoms with Gasteiger partial charge < -0.3 is 0 Å². The van der Waals surface area contributed by atoms with Gasteiger partial charge >= 0.3 is 0 Å². The Kier molecular flexibility index (Phi) is 3.59. The van der Waals surface area contributed by atoms with Crippen LogP contribution in [-0.2, 0) is 14.8 Å². The van der Waals surface area contributed by atoms with E-state index in [4.69, 9.17) is 23.2 Å². The van der Waals surface area contributed by atoms with Gasteiger partial charge in [-0.25, -0.2) is 13.1 Å². The molecule has 1 aromatic carbocycles. The molecule has 0 saturated heterocycles. The zero-order valence-corrected chi connectivity index (χ0v) is 9.95. The number of amides is 1. The lowest BCUT2D eigenvalue weighted by atomic mass is 10.4. The molecule has 1 aromatic rings. The van der Waals surface area contributed by atoms with Crippen LogP contribution >= 0.6 is 23.2 Å². The van der Waals surface area contributed by atoms with Crippen molar-refractivity contribution in [2.75, 3.05) is 0 Å². The van der Waals surface area contributed by atoms with Crippen LogP contribution in [0, 0.1) is 0 Å². The Morgan fingerprint density at radius 1 is 1.20 bits per heavy atom. The van der Waals surface area contributed by atoms with Crippen molar-refractivity contribution in [2.24, 2.45) is 0 Å². The van der Waals surface area contributed by atoms with Gasteiger partial charge in [0.25, 0.3) is 10.0 Å². The molecule has 1 rings (SSSR count). The maximum Gasteiger partial charge on any atom is 0.264 e. The fourth-order valence-corrected chi connectivity index (χ4v) is 2.65. The predicted octanol–water partition coefficient (Wildman–Crippen LogP) is 1.82. The second-order valence-corrected chi connectivity index (χ2v) is 5.32. The molecule has 15 heavy (non-hydrogen) atoms. The van der Waals surface area contributed by atoms with Crippen LogP contribution in [0.3, 0.4) is 0 Å². The zero-order valence-electron chi connectivity index (χ0n) is 7.62. The molecule has 0 aromatic heterocycles. The van der Waals surface area contributed by atoms with Gasteiger partial charge in [-0.2, -0.15) is 0 Å². The van der Waals surface area contributed by atoms with Crippen molar-refractivity contribution < 1.29 is 13.2 Å². The highest BCUT2D eigenvalue weighted by atomic mass is 35.5. The summed E-state index contributed by atoms with van der Waals surface area (Å²) in [6.45, 7) is 1.10. The minimum atomic E-state index is -3.87. The number of nitrogens with one attached hydrogen (secondary N) is 1. The fourth-order valence-electron chi connectivity index (χ4n) is 0.932. The second kappa shape index (κ2) is 4.38. The van der Waals surface area contributed by atoms with Gasteiger partial charge in [-0.05, 0) is 18.2 Å². The number of carbonyl (C=O) groups excluding carboxylic acids is 1. The number of rotatable bonds is 2. The first-order valence-electron chi connectivity index (χ1n) is 3.81. The monoisotopic (exact) mass is 267 g/mol. The summed E-state index contributed by atoms with van der Waals surface area (Å²) in [5, 5.41) is 0.373. The zero-order chi connectivity index (χ0) is 11.6. The average Bonchev–Trinajstić information content (AvgIpc) is 1.99. The summed E-state index contributed by atoms with van der Waals surface area (Å²) in [4.78, 5) is 10.5. The van der Waals surface area contributed by atoms with E-state index < -0.39 is 15.9 Å². The van der Waals surface area contributed by atoms with Crippen LogP contribution in [0.5, 0.6) is 0 Å². The van der Waals surface area contributed by atoms with E-state index in [2.05, 4.69) is 0 Å². The van der Waals surface area contributed by atoms with Crippen LogP contribution in [0.1, 0.15) is 6.92 Å². The maximum atomic E-state index is 11.5. The lowest BCUT2D eigenvalue weighted by Crippen LogP contribution is -2.28. The van der Waals surface area contributed by atoms with Crippen LogP contribution in [-0.4, -0.2) is 14.3 Å². The smallest absolute Gasteiger partial charge is 0.264 e. The summed E-state index contributed by atoms with van der Waals surface area (Å²) in [5.74, 6) is -0.675. The molecule has 0 fully saturated rings. The van der Waals surface area contributed by atoms with E-state index in [1.165, 1.54) is 18.2 Å². The first kappa shape index (κ1) is 12.3. The lowest BCUT2D eigenvalue weighted by Gasteiger charge is -2.05. The molecular formula is C8H7Cl2NO3S. The van der Waals surface area contributed by atoms with Gasteiger partial charge in [0, 0.05) is 17.0 Å². The molecule has 0 aliphatic carbocycles.